The molecule has 1 heterocycles. The molecular formula is C20H23ClN3O6S+. The van der Waals surface area contributed by atoms with Gasteiger partial charge in [-0.2, -0.15) is 4.31 Å². The number of rotatable bonds is 8. The first-order chi connectivity index (χ1) is 14.7. The van der Waals surface area contributed by atoms with Gasteiger partial charge in [0.15, 0.2) is 0 Å². The van der Waals surface area contributed by atoms with Gasteiger partial charge >= 0.3 is 5.97 Å². The van der Waals surface area contributed by atoms with Crippen LogP contribution in [0.15, 0.2) is 41.3 Å². The summed E-state index contributed by atoms with van der Waals surface area (Å²) >= 11 is 6.08. The molecule has 0 aliphatic carbocycles. The Morgan fingerprint density at radius 1 is 1.16 bits per heavy atom. The number of aryl methyl sites for hydroxylation is 1. The smallest absolute Gasteiger partial charge is 0.304 e. The van der Waals surface area contributed by atoms with E-state index in [1.54, 1.807) is 23.4 Å². The van der Waals surface area contributed by atoms with Crippen molar-refractivity contribution in [2.75, 3.05) is 32.7 Å². The van der Waals surface area contributed by atoms with Crippen LogP contribution in [0.25, 0.3) is 0 Å². The number of hydrogen-bond acceptors (Lipinski definition) is 6. The van der Waals surface area contributed by atoms with E-state index in [9.17, 15) is 18.1 Å². The van der Waals surface area contributed by atoms with Crippen molar-refractivity contribution in [2.45, 2.75) is 18.2 Å². The number of aliphatic carboxylic acids is 1. The Morgan fingerprint density at radius 3 is 2.48 bits per heavy atom. The fourth-order valence-electron chi connectivity index (χ4n) is 3.33. The van der Waals surface area contributed by atoms with Crippen LogP contribution in [0.2, 0.25) is 5.02 Å². The number of hydrogen-bond donors (Lipinski definition) is 2. The van der Waals surface area contributed by atoms with Gasteiger partial charge in [-0.15, -0.1) is 0 Å². The number of carbonyl (C=O) groups is 1. The summed E-state index contributed by atoms with van der Waals surface area (Å²) < 4.78 is 33.8. The Hall–Kier alpha value is -2.53. The Balaban J connectivity index is 1.86. The van der Waals surface area contributed by atoms with Crippen molar-refractivity contribution in [1.82, 2.24) is 9.21 Å². The van der Waals surface area contributed by atoms with Gasteiger partial charge in [-0.1, -0.05) is 11.6 Å². The van der Waals surface area contributed by atoms with Gasteiger partial charge in [0.1, 0.15) is 16.4 Å². The van der Waals surface area contributed by atoms with Gasteiger partial charge in [-0.3, -0.25) is 4.79 Å². The first kappa shape index (κ1) is 23.1. The second kappa shape index (κ2) is 9.73. The minimum absolute atomic E-state index is 0.000997. The number of carboxylic acids is 1. The first-order valence-corrected chi connectivity index (χ1v) is 11.4. The second-order valence-electron chi connectivity index (χ2n) is 7.22. The highest BCUT2D eigenvalue weighted by molar-refractivity contribution is 7.89. The molecule has 1 aliphatic rings. The predicted octanol–water partition coefficient (Wildman–Crippen LogP) is 1.70. The van der Waals surface area contributed by atoms with Crippen LogP contribution in [0.5, 0.6) is 11.5 Å². The van der Waals surface area contributed by atoms with Gasteiger partial charge in [-0.25, -0.2) is 8.42 Å². The molecule has 1 fully saturated rings. The zero-order chi connectivity index (χ0) is 22.6. The van der Waals surface area contributed by atoms with Crippen molar-refractivity contribution in [1.29, 1.82) is 0 Å². The second-order valence-corrected chi connectivity index (χ2v) is 9.56. The maximum atomic E-state index is 13.4. The Bertz CT molecular complexity index is 1060. The summed E-state index contributed by atoms with van der Waals surface area (Å²) in [5, 5.41) is 11.0. The van der Waals surface area contributed by atoms with Crippen LogP contribution in [0, 0.1) is 11.8 Å². The molecule has 166 valence electrons. The van der Waals surface area contributed by atoms with Crippen molar-refractivity contribution in [3.8, 4) is 11.5 Å². The monoisotopic (exact) mass is 468 g/mol. The molecule has 3 rings (SSSR count). The Labute approximate surface area is 185 Å². The molecule has 0 unspecified atom stereocenters. The van der Waals surface area contributed by atoms with E-state index in [2.05, 4.69) is 0 Å². The lowest BCUT2D eigenvalue weighted by molar-refractivity contribution is -0.379. The van der Waals surface area contributed by atoms with Crippen LogP contribution in [0.1, 0.15) is 12.0 Å². The number of nitrogens with zero attached hydrogens (tertiary/aromatic N) is 2. The van der Waals surface area contributed by atoms with Gasteiger partial charge < -0.3 is 14.7 Å². The largest absolute Gasteiger partial charge is 0.481 e. The summed E-state index contributed by atoms with van der Waals surface area (Å²) in [6.45, 7) is 3.43. The van der Waals surface area contributed by atoms with E-state index in [0.29, 0.717) is 30.4 Å². The normalized spacial score (nSPS) is 15.5. The van der Waals surface area contributed by atoms with E-state index in [1.807, 2.05) is 11.8 Å². The lowest BCUT2D eigenvalue weighted by atomic mass is 10.2. The zero-order valence-electron chi connectivity index (χ0n) is 16.9. The maximum absolute atomic E-state index is 13.4. The molecule has 2 N–H and O–H groups in total. The number of nitrogens with one attached hydrogen (secondary N) is 1. The number of piperazine rings is 1. The van der Waals surface area contributed by atoms with Gasteiger partial charge in [0.25, 0.3) is 5.69 Å². The highest BCUT2D eigenvalue weighted by atomic mass is 35.5. The molecule has 1 aliphatic heterocycles. The quantitative estimate of drug-likeness (QED) is 0.605. The van der Waals surface area contributed by atoms with Crippen molar-refractivity contribution >= 4 is 33.3 Å². The Kier molecular flexibility index (Phi) is 7.26. The Morgan fingerprint density at radius 2 is 1.87 bits per heavy atom. The SMILES string of the molecule is Cc1cc(Cl)cc(Oc2ccc([NH+]=O)cc2S(=O)(=O)N2CCN(CCC(=O)O)CC2)c1. The number of nitroso groups, excluding NO2 is 1. The lowest BCUT2D eigenvalue weighted by Crippen LogP contribution is -2.55. The molecule has 0 amide bonds. The summed E-state index contributed by atoms with van der Waals surface area (Å²) in [7, 11) is -3.97. The molecule has 0 bridgehead atoms. The number of ether oxygens (including phenoxy) is 1. The molecule has 0 spiro atoms. The van der Waals surface area contributed by atoms with Crippen LogP contribution in [-0.4, -0.2) is 61.4 Å². The van der Waals surface area contributed by atoms with Gasteiger partial charge in [-0.05, 0) is 36.8 Å². The van der Waals surface area contributed by atoms with E-state index >= 15 is 0 Å². The molecule has 0 saturated carbocycles. The molecule has 2 aromatic carbocycles. The molecule has 31 heavy (non-hydrogen) atoms. The summed E-state index contributed by atoms with van der Waals surface area (Å²) in [5.41, 5.74) is 0.940. The molecule has 11 heteroatoms. The summed E-state index contributed by atoms with van der Waals surface area (Å²) in [6.07, 6.45) is 0.000997. The van der Waals surface area contributed by atoms with E-state index in [4.69, 9.17) is 21.4 Å². The first-order valence-electron chi connectivity index (χ1n) is 9.60. The molecule has 1 saturated heterocycles. The molecule has 0 atom stereocenters. The van der Waals surface area contributed by atoms with E-state index in [1.165, 1.54) is 22.5 Å². The van der Waals surface area contributed by atoms with Crippen molar-refractivity contribution < 1.29 is 28.2 Å². The van der Waals surface area contributed by atoms with Gasteiger partial charge in [0.2, 0.25) is 10.0 Å². The van der Waals surface area contributed by atoms with Crippen LogP contribution < -0.4 is 9.91 Å². The molecule has 0 radical (unpaired) electrons. The summed E-state index contributed by atoms with van der Waals surface area (Å²) in [5.74, 6) is -0.438. The van der Waals surface area contributed by atoms with E-state index < -0.39 is 16.0 Å². The third-order valence-corrected chi connectivity index (χ3v) is 7.03. The van der Waals surface area contributed by atoms with Gasteiger partial charge in [0.05, 0.1) is 6.42 Å². The zero-order valence-corrected chi connectivity index (χ0v) is 18.4. The third-order valence-electron chi connectivity index (χ3n) is 4.90. The van der Waals surface area contributed by atoms with E-state index in [-0.39, 0.29) is 35.8 Å². The number of halogens is 1. The lowest BCUT2D eigenvalue weighted by Gasteiger charge is -2.33. The molecular weight excluding hydrogens is 446 g/mol. The third kappa shape index (κ3) is 5.79. The van der Waals surface area contributed by atoms with Gasteiger partial charge in [0, 0.05) is 60.0 Å². The average molecular weight is 469 g/mol. The van der Waals surface area contributed by atoms with Crippen LogP contribution >= 0.6 is 11.6 Å². The predicted molar refractivity (Wildman–Crippen MR) is 114 cm³/mol. The molecule has 2 aromatic rings. The fraction of sp³-hybridized carbons (Fsp3) is 0.350. The van der Waals surface area contributed by atoms with Crippen LogP contribution in [0.3, 0.4) is 0 Å². The summed E-state index contributed by atoms with van der Waals surface area (Å²) in [6, 6.07) is 9.15. The average Bonchev–Trinajstić information content (AvgIpc) is 2.72. The highest BCUT2D eigenvalue weighted by Gasteiger charge is 2.32. The van der Waals surface area contributed by atoms with Crippen LogP contribution in [0.4, 0.5) is 5.69 Å². The minimum atomic E-state index is -3.97. The maximum Gasteiger partial charge on any atom is 0.304 e. The van der Waals surface area contributed by atoms with Crippen molar-refractivity contribution in [3.05, 3.63) is 51.9 Å². The number of benzene rings is 2. The molecule has 9 nitrogen and oxygen atoms in total. The highest BCUT2D eigenvalue weighted by Crippen LogP contribution is 2.34. The minimum Gasteiger partial charge on any atom is -0.481 e. The standard InChI is InChI=1S/C20H22ClN3O6S/c1-14-10-15(21)12-17(11-14)30-18-3-2-16(22-27)13-19(18)31(28,29)24-8-6-23(7-9-24)5-4-20(25)26/h2-3,10-13H,4-9H2,1H3,(H,25,26)/p+1. The topological polar surface area (TPSA) is 118 Å². The molecule has 0 aromatic heterocycles. The van der Waals surface area contributed by atoms with Crippen molar-refractivity contribution in [3.63, 3.8) is 0 Å². The number of sulfonamides is 1. The van der Waals surface area contributed by atoms with Crippen molar-refractivity contribution in [2.24, 2.45) is 0 Å². The summed E-state index contributed by atoms with van der Waals surface area (Å²) in [4.78, 5) is 23.7. The number of carboxylic acid groups (broad SMARTS) is 1. The van der Waals surface area contributed by atoms with Crippen LogP contribution in [-0.2, 0) is 14.8 Å². The fourth-order valence-corrected chi connectivity index (χ4v) is 5.17. The van der Waals surface area contributed by atoms with E-state index in [0.717, 1.165) is 5.56 Å².